The SMILES string of the molecule is C[C@@H](CCNC(=O)NCC(C)(C)NS(C)(=O)=O)c1ccccc1. The summed E-state index contributed by atoms with van der Waals surface area (Å²) in [5.74, 6) is 0.361. The van der Waals surface area contributed by atoms with Crippen molar-refractivity contribution in [2.24, 2.45) is 0 Å². The number of nitrogens with one attached hydrogen (secondary N) is 3. The second kappa shape index (κ2) is 8.31. The van der Waals surface area contributed by atoms with Crippen LogP contribution in [0.25, 0.3) is 0 Å². The molecule has 0 fully saturated rings. The van der Waals surface area contributed by atoms with Crippen molar-refractivity contribution in [1.29, 1.82) is 0 Å². The predicted molar refractivity (Wildman–Crippen MR) is 92.9 cm³/mol. The van der Waals surface area contributed by atoms with Crippen molar-refractivity contribution >= 4 is 16.1 Å². The molecule has 0 aliphatic rings. The maximum atomic E-state index is 11.8. The highest BCUT2D eigenvalue weighted by atomic mass is 32.2. The minimum atomic E-state index is -3.31. The molecule has 1 atom stereocenters. The molecule has 0 aromatic heterocycles. The Morgan fingerprint density at radius 2 is 1.78 bits per heavy atom. The number of amides is 2. The fourth-order valence-electron chi connectivity index (χ4n) is 2.25. The first kappa shape index (κ1) is 19.4. The summed E-state index contributed by atoms with van der Waals surface area (Å²) in [5, 5.41) is 5.47. The Morgan fingerprint density at radius 1 is 1.17 bits per heavy atom. The quantitative estimate of drug-likeness (QED) is 0.674. The summed E-state index contributed by atoms with van der Waals surface area (Å²) >= 11 is 0. The van der Waals surface area contributed by atoms with Gasteiger partial charge in [-0.3, -0.25) is 0 Å². The molecule has 23 heavy (non-hydrogen) atoms. The summed E-state index contributed by atoms with van der Waals surface area (Å²) in [6.45, 7) is 6.31. The zero-order chi connectivity index (χ0) is 17.5. The molecule has 6 nitrogen and oxygen atoms in total. The van der Waals surface area contributed by atoms with E-state index in [-0.39, 0.29) is 12.6 Å². The Balaban J connectivity index is 2.29. The monoisotopic (exact) mass is 341 g/mol. The van der Waals surface area contributed by atoms with Crippen molar-refractivity contribution in [2.45, 2.75) is 38.6 Å². The standard InChI is InChI=1S/C16H27N3O3S/c1-13(14-8-6-5-7-9-14)10-11-17-15(20)18-12-16(2,3)19-23(4,21)22/h5-9,13,19H,10-12H2,1-4H3,(H2,17,18,20)/t13-/m0/s1. The number of rotatable bonds is 8. The summed E-state index contributed by atoms with van der Waals surface area (Å²) < 4.78 is 24.9. The Morgan fingerprint density at radius 3 is 2.35 bits per heavy atom. The number of hydrogen-bond donors (Lipinski definition) is 3. The number of sulfonamides is 1. The van der Waals surface area contributed by atoms with Crippen LogP contribution in [-0.4, -0.2) is 39.3 Å². The molecule has 0 aliphatic heterocycles. The molecule has 0 saturated carbocycles. The van der Waals surface area contributed by atoms with Crippen LogP contribution < -0.4 is 15.4 Å². The largest absolute Gasteiger partial charge is 0.338 e. The summed E-state index contributed by atoms with van der Waals surface area (Å²) in [5.41, 5.74) is 0.510. The summed E-state index contributed by atoms with van der Waals surface area (Å²) in [7, 11) is -3.31. The minimum absolute atomic E-state index is 0.208. The van der Waals surface area contributed by atoms with Crippen LogP contribution in [0.3, 0.4) is 0 Å². The summed E-state index contributed by atoms with van der Waals surface area (Å²) in [6.07, 6.45) is 1.93. The average molecular weight is 341 g/mol. The second-order valence-corrected chi connectivity index (χ2v) is 8.22. The number of carbonyl (C=O) groups is 1. The predicted octanol–water partition coefficient (Wildman–Crippen LogP) is 1.81. The van der Waals surface area contributed by atoms with E-state index in [0.717, 1.165) is 12.7 Å². The fraction of sp³-hybridized carbons (Fsp3) is 0.562. The molecule has 1 aromatic carbocycles. The van der Waals surface area contributed by atoms with Crippen LogP contribution in [-0.2, 0) is 10.0 Å². The Labute approximate surface area is 139 Å². The van der Waals surface area contributed by atoms with Crippen molar-refractivity contribution in [3.63, 3.8) is 0 Å². The summed E-state index contributed by atoms with van der Waals surface area (Å²) in [6, 6.07) is 9.84. The van der Waals surface area contributed by atoms with E-state index in [2.05, 4.69) is 34.4 Å². The molecule has 1 rings (SSSR count). The number of carbonyl (C=O) groups excluding carboxylic acids is 1. The first-order valence-electron chi connectivity index (χ1n) is 7.65. The molecule has 2 amide bonds. The van der Waals surface area contributed by atoms with E-state index in [0.29, 0.717) is 12.5 Å². The third kappa shape index (κ3) is 8.56. The van der Waals surface area contributed by atoms with Crippen LogP contribution in [0.5, 0.6) is 0 Å². The molecular formula is C16H27N3O3S. The van der Waals surface area contributed by atoms with Crippen molar-refractivity contribution in [1.82, 2.24) is 15.4 Å². The van der Waals surface area contributed by atoms with E-state index >= 15 is 0 Å². The van der Waals surface area contributed by atoms with Crippen molar-refractivity contribution in [2.75, 3.05) is 19.3 Å². The van der Waals surface area contributed by atoms with Gasteiger partial charge < -0.3 is 10.6 Å². The molecule has 3 N–H and O–H groups in total. The van der Waals surface area contributed by atoms with Crippen LogP contribution in [0, 0.1) is 0 Å². The first-order valence-corrected chi connectivity index (χ1v) is 9.54. The molecule has 130 valence electrons. The first-order chi connectivity index (χ1) is 10.6. The number of urea groups is 1. The van der Waals surface area contributed by atoms with Gasteiger partial charge in [0.05, 0.1) is 6.26 Å². The number of benzene rings is 1. The molecule has 1 aromatic rings. The van der Waals surface area contributed by atoms with Gasteiger partial charge in [0.25, 0.3) is 0 Å². The normalized spacial score (nSPS) is 13.4. The molecule has 0 spiro atoms. The van der Waals surface area contributed by atoms with Crippen molar-refractivity contribution in [3.8, 4) is 0 Å². The molecule has 0 radical (unpaired) electrons. The lowest BCUT2D eigenvalue weighted by Gasteiger charge is -2.25. The van der Waals surface area contributed by atoms with Crippen LogP contribution in [0.1, 0.15) is 38.7 Å². The van der Waals surface area contributed by atoms with E-state index in [4.69, 9.17) is 0 Å². The maximum absolute atomic E-state index is 11.8. The van der Waals surface area contributed by atoms with Crippen LogP contribution >= 0.6 is 0 Å². The highest BCUT2D eigenvalue weighted by Crippen LogP contribution is 2.17. The lowest BCUT2D eigenvalue weighted by molar-refractivity contribution is 0.237. The van der Waals surface area contributed by atoms with Gasteiger partial charge in [0.15, 0.2) is 0 Å². The zero-order valence-electron chi connectivity index (χ0n) is 14.2. The minimum Gasteiger partial charge on any atom is -0.338 e. The third-order valence-electron chi connectivity index (χ3n) is 3.38. The van der Waals surface area contributed by atoms with Gasteiger partial charge in [-0.15, -0.1) is 0 Å². The van der Waals surface area contributed by atoms with Gasteiger partial charge in [-0.25, -0.2) is 17.9 Å². The van der Waals surface area contributed by atoms with Gasteiger partial charge in [-0.05, 0) is 31.7 Å². The van der Waals surface area contributed by atoms with Gasteiger partial charge in [-0.1, -0.05) is 37.3 Å². The van der Waals surface area contributed by atoms with E-state index in [9.17, 15) is 13.2 Å². The van der Waals surface area contributed by atoms with Crippen molar-refractivity contribution < 1.29 is 13.2 Å². The van der Waals surface area contributed by atoms with Crippen molar-refractivity contribution in [3.05, 3.63) is 35.9 Å². The van der Waals surface area contributed by atoms with E-state index in [1.807, 2.05) is 18.2 Å². The second-order valence-electron chi connectivity index (χ2n) is 6.47. The molecule has 0 aliphatic carbocycles. The van der Waals surface area contributed by atoms with Crippen LogP contribution in [0.2, 0.25) is 0 Å². The Bertz CT molecular complexity index is 600. The maximum Gasteiger partial charge on any atom is 0.314 e. The zero-order valence-corrected chi connectivity index (χ0v) is 15.0. The highest BCUT2D eigenvalue weighted by molar-refractivity contribution is 7.88. The van der Waals surface area contributed by atoms with E-state index in [1.165, 1.54) is 5.56 Å². The van der Waals surface area contributed by atoms with Gasteiger partial charge in [0, 0.05) is 18.6 Å². The molecular weight excluding hydrogens is 314 g/mol. The highest BCUT2D eigenvalue weighted by Gasteiger charge is 2.22. The van der Waals surface area contributed by atoms with E-state index in [1.54, 1.807) is 13.8 Å². The summed E-state index contributed by atoms with van der Waals surface area (Å²) in [4.78, 5) is 11.8. The topological polar surface area (TPSA) is 87.3 Å². The molecule has 0 unspecified atom stereocenters. The van der Waals surface area contributed by atoms with Gasteiger partial charge in [-0.2, -0.15) is 0 Å². The van der Waals surface area contributed by atoms with E-state index < -0.39 is 15.6 Å². The smallest absolute Gasteiger partial charge is 0.314 e. The molecule has 0 heterocycles. The Kier molecular flexibility index (Phi) is 7.02. The fourth-order valence-corrected chi connectivity index (χ4v) is 3.33. The van der Waals surface area contributed by atoms with Gasteiger partial charge >= 0.3 is 6.03 Å². The lowest BCUT2D eigenvalue weighted by Crippen LogP contribution is -2.52. The third-order valence-corrected chi connectivity index (χ3v) is 4.31. The average Bonchev–Trinajstić information content (AvgIpc) is 2.43. The van der Waals surface area contributed by atoms with Crippen LogP contribution in [0.15, 0.2) is 30.3 Å². The number of hydrogen-bond acceptors (Lipinski definition) is 3. The van der Waals surface area contributed by atoms with Gasteiger partial charge in [0.1, 0.15) is 0 Å². The molecule has 0 bridgehead atoms. The Hall–Kier alpha value is -1.60. The molecule has 0 saturated heterocycles. The van der Waals surface area contributed by atoms with Crippen LogP contribution in [0.4, 0.5) is 4.79 Å². The lowest BCUT2D eigenvalue weighted by atomic mass is 9.98. The van der Waals surface area contributed by atoms with Gasteiger partial charge in [0.2, 0.25) is 10.0 Å². The molecule has 7 heteroatoms.